The molecule has 1 aromatic carbocycles. The summed E-state index contributed by atoms with van der Waals surface area (Å²) in [5.41, 5.74) is 0.417. The summed E-state index contributed by atoms with van der Waals surface area (Å²) in [6.45, 7) is 11.6. The van der Waals surface area contributed by atoms with Crippen molar-refractivity contribution < 1.29 is 13.9 Å². The van der Waals surface area contributed by atoms with Crippen LogP contribution in [0.25, 0.3) is 0 Å². The molecule has 2 N–H and O–H groups in total. The van der Waals surface area contributed by atoms with Crippen molar-refractivity contribution in [2.24, 2.45) is 11.8 Å². The largest absolute Gasteiger partial charge is 0.444 e. The van der Waals surface area contributed by atoms with Gasteiger partial charge < -0.3 is 15.4 Å². The second-order valence-corrected chi connectivity index (χ2v) is 7.15. The number of hydrogen-bond acceptors (Lipinski definition) is 3. The Morgan fingerprint density at radius 1 is 1.26 bits per heavy atom. The van der Waals surface area contributed by atoms with Gasteiger partial charge in [0.1, 0.15) is 11.4 Å². The summed E-state index contributed by atoms with van der Waals surface area (Å²) in [6.07, 6.45) is -0.395. The highest BCUT2D eigenvalue weighted by Gasteiger charge is 2.18. The van der Waals surface area contributed by atoms with Crippen LogP contribution in [0.2, 0.25) is 0 Å². The molecule has 1 atom stereocenters. The van der Waals surface area contributed by atoms with Gasteiger partial charge >= 0.3 is 6.09 Å². The molecule has 130 valence electrons. The first-order valence-corrected chi connectivity index (χ1v) is 8.09. The van der Waals surface area contributed by atoms with Gasteiger partial charge in [-0.15, -0.1) is 0 Å². The summed E-state index contributed by atoms with van der Waals surface area (Å²) in [5.74, 6) is 0.456. The van der Waals surface area contributed by atoms with Gasteiger partial charge in [0.25, 0.3) is 0 Å². The average molecular weight is 324 g/mol. The number of ether oxygens (including phenoxy) is 1. The van der Waals surface area contributed by atoms with Crippen LogP contribution in [0.3, 0.4) is 0 Å². The minimum atomic E-state index is -0.493. The molecule has 0 saturated carbocycles. The van der Waals surface area contributed by atoms with Gasteiger partial charge in [0.2, 0.25) is 0 Å². The van der Waals surface area contributed by atoms with Crippen molar-refractivity contribution in [3.8, 4) is 0 Å². The highest BCUT2D eigenvalue weighted by Crippen LogP contribution is 2.11. The fraction of sp³-hybridized carbons (Fsp3) is 0.611. The van der Waals surface area contributed by atoms with E-state index in [0.717, 1.165) is 12.1 Å². The number of rotatable bonds is 7. The van der Waals surface area contributed by atoms with Crippen molar-refractivity contribution in [3.63, 3.8) is 0 Å². The van der Waals surface area contributed by atoms with Crippen molar-refractivity contribution in [2.75, 3.05) is 13.1 Å². The number of carbonyl (C=O) groups is 1. The van der Waals surface area contributed by atoms with Crippen LogP contribution in [-0.2, 0) is 11.3 Å². The Hall–Kier alpha value is -1.62. The summed E-state index contributed by atoms with van der Waals surface area (Å²) in [5, 5.41) is 6.14. The maximum Gasteiger partial charge on any atom is 0.407 e. The molecule has 0 fully saturated rings. The molecule has 0 aliphatic heterocycles. The van der Waals surface area contributed by atoms with Crippen LogP contribution in [0.15, 0.2) is 24.3 Å². The van der Waals surface area contributed by atoms with E-state index >= 15 is 0 Å². The number of amides is 1. The normalized spacial score (nSPS) is 13.0. The third kappa shape index (κ3) is 8.55. The molecule has 1 unspecified atom stereocenters. The SMILES string of the molecule is CC(C)C(CNCc1cccc(F)c1)CNC(=O)OC(C)(C)C. The lowest BCUT2D eigenvalue weighted by Crippen LogP contribution is -2.39. The number of alkyl carbamates (subject to hydrolysis) is 1. The molecular formula is C18H29FN2O2. The van der Waals surface area contributed by atoms with E-state index in [0.29, 0.717) is 19.0 Å². The Balaban J connectivity index is 2.39. The molecule has 23 heavy (non-hydrogen) atoms. The minimum absolute atomic E-state index is 0.226. The van der Waals surface area contributed by atoms with Crippen molar-refractivity contribution in [1.82, 2.24) is 10.6 Å². The summed E-state index contributed by atoms with van der Waals surface area (Å²) < 4.78 is 18.4. The standard InChI is InChI=1S/C18H29FN2O2/c1-13(2)15(12-21-17(22)23-18(3,4)5)11-20-10-14-7-6-8-16(19)9-14/h6-9,13,15,20H,10-12H2,1-5H3,(H,21,22). The summed E-state index contributed by atoms with van der Waals surface area (Å²) in [4.78, 5) is 11.7. The van der Waals surface area contributed by atoms with Gasteiger partial charge in [-0.3, -0.25) is 0 Å². The van der Waals surface area contributed by atoms with Gasteiger partial charge in [-0.1, -0.05) is 26.0 Å². The molecule has 4 nitrogen and oxygen atoms in total. The number of carbonyl (C=O) groups excluding carboxylic acids is 1. The molecule has 0 aromatic heterocycles. The van der Waals surface area contributed by atoms with Crippen LogP contribution in [0.4, 0.5) is 9.18 Å². The highest BCUT2D eigenvalue weighted by molar-refractivity contribution is 5.67. The lowest BCUT2D eigenvalue weighted by Gasteiger charge is -2.24. The van der Waals surface area contributed by atoms with E-state index in [2.05, 4.69) is 24.5 Å². The summed E-state index contributed by atoms with van der Waals surface area (Å²) >= 11 is 0. The Morgan fingerprint density at radius 3 is 2.52 bits per heavy atom. The zero-order chi connectivity index (χ0) is 17.5. The summed E-state index contributed by atoms with van der Waals surface area (Å²) in [7, 11) is 0. The third-order valence-corrected chi connectivity index (χ3v) is 3.47. The first kappa shape index (κ1) is 19.4. The van der Waals surface area contributed by atoms with Crippen LogP contribution >= 0.6 is 0 Å². The smallest absolute Gasteiger partial charge is 0.407 e. The molecule has 1 aromatic rings. The first-order chi connectivity index (χ1) is 10.7. The third-order valence-electron chi connectivity index (χ3n) is 3.47. The van der Waals surface area contributed by atoms with E-state index < -0.39 is 11.7 Å². The van der Waals surface area contributed by atoms with Crippen molar-refractivity contribution >= 4 is 6.09 Å². The molecule has 0 bridgehead atoms. The number of halogens is 1. The van der Waals surface area contributed by atoms with E-state index in [9.17, 15) is 9.18 Å². The zero-order valence-corrected chi connectivity index (χ0v) is 14.8. The van der Waals surface area contributed by atoms with E-state index in [1.165, 1.54) is 12.1 Å². The molecule has 0 heterocycles. The monoisotopic (exact) mass is 324 g/mol. The zero-order valence-electron chi connectivity index (χ0n) is 14.8. The van der Waals surface area contributed by atoms with Gasteiger partial charge in [-0.2, -0.15) is 0 Å². The van der Waals surface area contributed by atoms with E-state index in [-0.39, 0.29) is 11.7 Å². The minimum Gasteiger partial charge on any atom is -0.444 e. The van der Waals surface area contributed by atoms with Gasteiger partial charge in [0.15, 0.2) is 0 Å². The Labute approximate surface area is 138 Å². The van der Waals surface area contributed by atoms with Crippen molar-refractivity contribution in [2.45, 2.75) is 46.8 Å². The maximum absolute atomic E-state index is 13.1. The molecule has 0 aliphatic rings. The van der Waals surface area contributed by atoms with Crippen LogP contribution in [0.5, 0.6) is 0 Å². The molecule has 0 spiro atoms. The van der Waals surface area contributed by atoms with Gasteiger partial charge in [0.05, 0.1) is 0 Å². The number of nitrogens with one attached hydrogen (secondary N) is 2. The molecule has 0 radical (unpaired) electrons. The molecule has 0 aliphatic carbocycles. The fourth-order valence-corrected chi connectivity index (χ4v) is 2.12. The van der Waals surface area contributed by atoms with Crippen LogP contribution < -0.4 is 10.6 Å². The van der Waals surface area contributed by atoms with E-state index in [1.54, 1.807) is 6.07 Å². The topological polar surface area (TPSA) is 50.4 Å². The molecular weight excluding hydrogens is 295 g/mol. The van der Waals surface area contributed by atoms with Crippen molar-refractivity contribution in [1.29, 1.82) is 0 Å². The van der Waals surface area contributed by atoms with Crippen LogP contribution in [0.1, 0.15) is 40.2 Å². The predicted molar refractivity (Wildman–Crippen MR) is 90.7 cm³/mol. The lowest BCUT2D eigenvalue weighted by molar-refractivity contribution is 0.0515. The summed E-state index contributed by atoms with van der Waals surface area (Å²) in [6, 6.07) is 6.55. The Kier molecular flexibility index (Phi) is 7.49. The van der Waals surface area contributed by atoms with Gasteiger partial charge in [0, 0.05) is 19.6 Å². The van der Waals surface area contributed by atoms with Gasteiger partial charge in [-0.25, -0.2) is 9.18 Å². The van der Waals surface area contributed by atoms with Crippen LogP contribution in [0, 0.1) is 17.7 Å². The maximum atomic E-state index is 13.1. The molecule has 1 rings (SSSR count). The Morgan fingerprint density at radius 2 is 1.96 bits per heavy atom. The van der Waals surface area contributed by atoms with E-state index in [4.69, 9.17) is 4.74 Å². The number of benzene rings is 1. The molecule has 5 heteroatoms. The molecule has 0 saturated heterocycles. The van der Waals surface area contributed by atoms with Crippen LogP contribution in [-0.4, -0.2) is 24.8 Å². The highest BCUT2D eigenvalue weighted by atomic mass is 19.1. The molecule has 1 amide bonds. The second kappa shape index (κ2) is 8.87. The van der Waals surface area contributed by atoms with Crippen molar-refractivity contribution in [3.05, 3.63) is 35.6 Å². The fourth-order valence-electron chi connectivity index (χ4n) is 2.12. The predicted octanol–water partition coefficient (Wildman–Crippen LogP) is 3.71. The lowest BCUT2D eigenvalue weighted by atomic mass is 9.95. The first-order valence-electron chi connectivity index (χ1n) is 8.09. The average Bonchev–Trinajstić information content (AvgIpc) is 2.40. The van der Waals surface area contributed by atoms with Gasteiger partial charge in [-0.05, 0) is 50.3 Å². The second-order valence-electron chi connectivity index (χ2n) is 7.15. The van der Waals surface area contributed by atoms with E-state index in [1.807, 2.05) is 26.8 Å². The quantitative estimate of drug-likeness (QED) is 0.804. The number of hydrogen-bond donors (Lipinski definition) is 2. The Bertz CT molecular complexity index is 498.